The molecule has 0 saturated heterocycles. The van der Waals surface area contributed by atoms with E-state index in [4.69, 9.17) is 32.2 Å². The third-order valence-corrected chi connectivity index (χ3v) is 3.94. The van der Waals surface area contributed by atoms with Crippen LogP contribution in [0.3, 0.4) is 0 Å². The summed E-state index contributed by atoms with van der Waals surface area (Å²) in [7, 11) is 1.58. The Balaban J connectivity index is 1.96. The van der Waals surface area contributed by atoms with E-state index in [1.54, 1.807) is 19.4 Å². The molecule has 0 heterocycles. The lowest BCUT2D eigenvalue weighted by atomic mass is 10.2. The van der Waals surface area contributed by atoms with Gasteiger partial charge in [-0.15, -0.1) is 0 Å². The number of halogens is 1. The number of methoxy groups -OCH3 is 1. The van der Waals surface area contributed by atoms with Gasteiger partial charge in [-0.25, -0.2) is 0 Å². The molecule has 2 aromatic carbocycles. The highest BCUT2D eigenvalue weighted by Crippen LogP contribution is 2.36. The van der Waals surface area contributed by atoms with Crippen LogP contribution in [0.15, 0.2) is 46.0 Å². The van der Waals surface area contributed by atoms with Crippen molar-refractivity contribution in [1.82, 2.24) is 5.43 Å². The molecule has 0 aliphatic rings. The third-order valence-electron chi connectivity index (χ3n) is 3.26. The van der Waals surface area contributed by atoms with E-state index in [-0.39, 0.29) is 5.11 Å². The van der Waals surface area contributed by atoms with Gasteiger partial charge in [0.15, 0.2) is 16.6 Å². The Bertz CT molecular complexity index is 782. The number of benzene rings is 2. The summed E-state index contributed by atoms with van der Waals surface area (Å²) in [4.78, 5) is 0. The molecule has 0 bridgehead atoms. The molecule has 0 amide bonds. The molecule has 0 fully saturated rings. The molecule has 6 nitrogen and oxygen atoms in total. The van der Waals surface area contributed by atoms with Crippen LogP contribution in [0.2, 0.25) is 0 Å². The highest BCUT2D eigenvalue weighted by molar-refractivity contribution is 9.10. The zero-order valence-electron chi connectivity index (χ0n) is 14.5. The molecule has 138 valence electrons. The number of rotatable bonds is 8. The predicted octanol–water partition coefficient (Wildman–Crippen LogP) is 3.39. The first-order valence-corrected chi connectivity index (χ1v) is 8.98. The van der Waals surface area contributed by atoms with Gasteiger partial charge < -0.3 is 19.9 Å². The molecular formula is C18H20BrN3O3S. The highest BCUT2D eigenvalue weighted by Gasteiger charge is 2.11. The second-order valence-electron chi connectivity index (χ2n) is 5.28. The lowest BCUT2D eigenvalue weighted by Crippen LogP contribution is -2.23. The summed E-state index contributed by atoms with van der Waals surface area (Å²) < 4.78 is 17.6. The van der Waals surface area contributed by atoms with Gasteiger partial charge in [-0.2, -0.15) is 5.10 Å². The van der Waals surface area contributed by atoms with Crippen LogP contribution < -0.4 is 25.4 Å². The molecule has 0 aliphatic heterocycles. The largest absolute Gasteiger partial charge is 0.493 e. The van der Waals surface area contributed by atoms with Gasteiger partial charge in [0.25, 0.3) is 0 Å². The number of hydrogen-bond donors (Lipinski definition) is 2. The normalized spacial score (nSPS) is 10.6. The molecule has 0 saturated carbocycles. The predicted molar refractivity (Wildman–Crippen MR) is 110 cm³/mol. The van der Waals surface area contributed by atoms with Crippen molar-refractivity contribution in [3.05, 3.63) is 52.0 Å². The first-order chi connectivity index (χ1) is 12.5. The summed E-state index contributed by atoms with van der Waals surface area (Å²) in [6.07, 6.45) is 1.58. The van der Waals surface area contributed by atoms with Crippen molar-refractivity contribution in [1.29, 1.82) is 0 Å². The van der Waals surface area contributed by atoms with Crippen LogP contribution in [0, 0.1) is 6.92 Å². The van der Waals surface area contributed by atoms with Gasteiger partial charge in [0, 0.05) is 0 Å². The van der Waals surface area contributed by atoms with E-state index in [1.165, 1.54) is 5.56 Å². The van der Waals surface area contributed by atoms with Crippen molar-refractivity contribution in [3.8, 4) is 17.2 Å². The molecule has 0 unspecified atom stereocenters. The average Bonchev–Trinajstić information content (AvgIpc) is 2.61. The fourth-order valence-corrected chi connectivity index (χ4v) is 2.69. The van der Waals surface area contributed by atoms with Crippen molar-refractivity contribution in [2.45, 2.75) is 6.92 Å². The average molecular weight is 438 g/mol. The fraction of sp³-hybridized carbons (Fsp3) is 0.222. The Morgan fingerprint density at radius 2 is 1.92 bits per heavy atom. The SMILES string of the molecule is COc1cc(/C=N\NC(N)=S)cc(Br)c1OCCOc1ccc(C)cc1. The maximum atomic E-state index is 5.80. The van der Waals surface area contributed by atoms with Crippen LogP contribution in [-0.2, 0) is 0 Å². The van der Waals surface area contributed by atoms with E-state index >= 15 is 0 Å². The Hall–Kier alpha value is -2.32. The van der Waals surface area contributed by atoms with Gasteiger partial charge in [0.2, 0.25) is 0 Å². The molecule has 0 radical (unpaired) electrons. The van der Waals surface area contributed by atoms with E-state index in [9.17, 15) is 0 Å². The van der Waals surface area contributed by atoms with Crippen molar-refractivity contribution in [3.63, 3.8) is 0 Å². The Kier molecular flexibility index (Phi) is 7.68. The fourth-order valence-electron chi connectivity index (χ4n) is 2.06. The molecule has 0 atom stereocenters. The number of nitrogens with two attached hydrogens (primary N) is 1. The summed E-state index contributed by atoms with van der Waals surface area (Å²) >= 11 is 8.18. The molecular weight excluding hydrogens is 418 g/mol. The zero-order chi connectivity index (χ0) is 18.9. The summed E-state index contributed by atoms with van der Waals surface area (Å²) in [5.41, 5.74) is 9.81. The number of thiocarbonyl (C=S) groups is 1. The summed E-state index contributed by atoms with van der Waals surface area (Å²) in [5, 5.41) is 4.02. The van der Waals surface area contributed by atoms with Crippen LogP contribution >= 0.6 is 28.1 Å². The lowest BCUT2D eigenvalue weighted by Gasteiger charge is -2.14. The number of aryl methyl sites for hydroxylation is 1. The van der Waals surface area contributed by atoms with Gasteiger partial charge in [-0.3, -0.25) is 5.43 Å². The zero-order valence-corrected chi connectivity index (χ0v) is 16.9. The minimum absolute atomic E-state index is 0.0980. The van der Waals surface area contributed by atoms with Crippen molar-refractivity contribution in [2.24, 2.45) is 10.8 Å². The van der Waals surface area contributed by atoms with E-state index in [1.807, 2.05) is 37.3 Å². The van der Waals surface area contributed by atoms with Crippen molar-refractivity contribution < 1.29 is 14.2 Å². The Morgan fingerprint density at radius 1 is 1.23 bits per heavy atom. The van der Waals surface area contributed by atoms with Gasteiger partial charge in [0.05, 0.1) is 17.8 Å². The Morgan fingerprint density at radius 3 is 2.58 bits per heavy atom. The van der Waals surface area contributed by atoms with Gasteiger partial charge in [0.1, 0.15) is 19.0 Å². The van der Waals surface area contributed by atoms with Crippen LogP contribution in [0.5, 0.6) is 17.2 Å². The van der Waals surface area contributed by atoms with E-state index in [0.29, 0.717) is 24.7 Å². The number of nitrogens with zero attached hydrogens (tertiary/aromatic N) is 1. The van der Waals surface area contributed by atoms with E-state index in [0.717, 1.165) is 15.8 Å². The maximum Gasteiger partial charge on any atom is 0.184 e. The lowest BCUT2D eigenvalue weighted by molar-refractivity contribution is 0.210. The monoisotopic (exact) mass is 437 g/mol. The Labute approximate surface area is 166 Å². The smallest absolute Gasteiger partial charge is 0.184 e. The molecule has 2 aromatic rings. The number of ether oxygens (including phenoxy) is 3. The summed E-state index contributed by atoms with van der Waals surface area (Å²) in [6, 6.07) is 11.5. The van der Waals surface area contributed by atoms with Crippen LogP contribution in [0.4, 0.5) is 0 Å². The summed E-state index contributed by atoms with van der Waals surface area (Å²) in [5.74, 6) is 1.98. The third kappa shape index (κ3) is 6.20. The van der Waals surface area contributed by atoms with Gasteiger partial charge in [-0.1, -0.05) is 17.7 Å². The quantitative estimate of drug-likeness (QED) is 0.285. The maximum absolute atomic E-state index is 5.80. The van der Waals surface area contributed by atoms with Crippen LogP contribution in [-0.4, -0.2) is 31.7 Å². The molecule has 2 rings (SSSR count). The number of hydrogen-bond acceptors (Lipinski definition) is 5. The first kappa shape index (κ1) is 20.0. The molecule has 0 aromatic heterocycles. The molecule has 0 aliphatic carbocycles. The molecule has 3 N–H and O–H groups in total. The van der Waals surface area contributed by atoms with Crippen molar-refractivity contribution >= 4 is 39.5 Å². The van der Waals surface area contributed by atoms with Crippen molar-refractivity contribution in [2.75, 3.05) is 20.3 Å². The van der Waals surface area contributed by atoms with Gasteiger partial charge >= 0.3 is 0 Å². The highest BCUT2D eigenvalue weighted by atomic mass is 79.9. The standard InChI is InChI=1S/C18H20BrN3O3S/c1-12-3-5-14(6-4-12)24-7-8-25-17-15(19)9-13(10-16(17)23-2)11-21-22-18(20)26/h3-6,9-11H,7-8H2,1-2H3,(H3,20,22,26)/b21-11-. The first-order valence-electron chi connectivity index (χ1n) is 7.78. The number of nitrogens with one attached hydrogen (secondary N) is 1. The molecule has 8 heteroatoms. The molecule has 26 heavy (non-hydrogen) atoms. The minimum Gasteiger partial charge on any atom is -0.493 e. The summed E-state index contributed by atoms with van der Waals surface area (Å²) in [6.45, 7) is 2.82. The second-order valence-corrected chi connectivity index (χ2v) is 6.57. The van der Waals surface area contributed by atoms with E-state index < -0.39 is 0 Å². The van der Waals surface area contributed by atoms with E-state index in [2.05, 4.69) is 26.5 Å². The minimum atomic E-state index is 0.0980. The second kappa shape index (κ2) is 9.98. The van der Waals surface area contributed by atoms with Crippen LogP contribution in [0.25, 0.3) is 0 Å². The topological polar surface area (TPSA) is 78.1 Å². The number of hydrazone groups is 1. The van der Waals surface area contributed by atoms with Crippen LogP contribution in [0.1, 0.15) is 11.1 Å². The van der Waals surface area contributed by atoms with Gasteiger partial charge in [-0.05, 0) is 64.9 Å². The molecule has 0 spiro atoms.